The molecule has 3 heteroatoms. The lowest BCUT2D eigenvalue weighted by molar-refractivity contribution is 1.31. The number of fused-ring (bicyclic) bond motifs is 1. The summed E-state index contributed by atoms with van der Waals surface area (Å²) in [5, 5.41) is 9.85. The summed E-state index contributed by atoms with van der Waals surface area (Å²) >= 11 is 0. The Morgan fingerprint density at radius 1 is 1.10 bits per heavy atom. The van der Waals surface area contributed by atoms with Crippen molar-refractivity contribution in [3.8, 4) is 0 Å². The molecule has 0 aliphatic rings. The Hall–Kier alpha value is -2.81. The minimum Gasteiger partial charge on any atom is -0.308 e. The molecule has 3 aromatic rings. The van der Waals surface area contributed by atoms with Gasteiger partial charge < -0.3 is 5.41 Å². The van der Waals surface area contributed by atoms with Gasteiger partial charge in [0.05, 0.1) is 5.69 Å². The minimum absolute atomic E-state index is 0.810. The van der Waals surface area contributed by atoms with Crippen LogP contribution in [0.2, 0.25) is 0 Å². The molecule has 0 fully saturated rings. The predicted octanol–water partition coefficient (Wildman–Crippen LogP) is 4.37. The van der Waals surface area contributed by atoms with Gasteiger partial charge in [-0.15, -0.1) is 0 Å². The van der Waals surface area contributed by atoms with Crippen LogP contribution in [0.5, 0.6) is 0 Å². The fraction of sp³-hybridized carbons (Fsp3) is 0.0556. The summed E-state index contributed by atoms with van der Waals surface area (Å²) in [6.07, 6.45) is 4.89. The summed E-state index contributed by atoms with van der Waals surface area (Å²) in [5.74, 6) is 0. The topological polar surface area (TPSA) is 49.1 Å². The molecule has 0 saturated carbocycles. The van der Waals surface area contributed by atoms with Crippen LogP contribution in [0, 0.1) is 5.41 Å². The molecule has 1 N–H and O–H groups in total. The second kappa shape index (κ2) is 5.67. The van der Waals surface area contributed by atoms with E-state index in [9.17, 15) is 0 Å². The first-order valence-electron chi connectivity index (χ1n) is 6.77. The van der Waals surface area contributed by atoms with E-state index in [2.05, 4.69) is 16.0 Å². The van der Waals surface area contributed by atoms with Crippen molar-refractivity contribution in [3.05, 3.63) is 72.1 Å². The molecule has 0 radical (unpaired) electrons. The van der Waals surface area contributed by atoms with Gasteiger partial charge in [-0.05, 0) is 35.9 Å². The number of benzene rings is 2. The van der Waals surface area contributed by atoms with Crippen LogP contribution in [-0.4, -0.2) is 16.9 Å². The van der Waals surface area contributed by atoms with Gasteiger partial charge in [-0.25, -0.2) is 0 Å². The van der Waals surface area contributed by atoms with Crippen LogP contribution < -0.4 is 0 Å². The fourth-order valence-electron chi connectivity index (χ4n) is 2.28. The molecule has 0 unspecified atom stereocenters. The van der Waals surface area contributed by atoms with Crippen LogP contribution in [-0.2, 0) is 0 Å². The van der Waals surface area contributed by atoms with Crippen LogP contribution in [0.15, 0.2) is 65.9 Å². The van der Waals surface area contributed by atoms with Crippen molar-refractivity contribution in [1.29, 1.82) is 5.41 Å². The first kappa shape index (κ1) is 13.2. The quantitative estimate of drug-likeness (QED) is 0.707. The van der Waals surface area contributed by atoms with Crippen molar-refractivity contribution in [2.75, 3.05) is 0 Å². The highest BCUT2D eigenvalue weighted by Crippen LogP contribution is 2.26. The van der Waals surface area contributed by atoms with Crippen LogP contribution in [0.4, 0.5) is 5.69 Å². The molecule has 1 aromatic heterocycles. The van der Waals surface area contributed by atoms with Gasteiger partial charge in [-0.1, -0.05) is 30.3 Å². The number of nitrogens with one attached hydrogen (secondary N) is 1. The van der Waals surface area contributed by atoms with Gasteiger partial charge in [0.15, 0.2) is 0 Å². The highest BCUT2D eigenvalue weighted by Gasteiger charge is 2.04. The van der Waals surface area contributed by atoms with Crippen molar-refractivity contribution in [3.63, 3.8) is 0 Å². The van der Waals surface area contributed by atoms with Crippen molar-refractivity contribution >= 4 is 28.4 Å². The molecule has 102 valence electrons. The molecule has 2 aromatic carbocycles. The molecular weight excluding hydrogens is 258 g/mol. The maximum absolute atomic E-state index is 7.60. The average molecular weight is 273 g/mol. The highest BCUT2D eigenvalue weighted by molar-refractivity contribution is 6.03. The number of aliphatic imine (C=N–C) groups is 1. The van der Waals surface area contributed by atoms with Crippen LogP contribution in [0.25, 0.3) is 10.8 Å². The number of pyridine rings is 1. The number of hydrogen-bond acceptors (Lipinski definition) is 3. The summed E-state index contributed by atoms with van der Waals surface area (Å²) < 4.78 is 0. The average Bonchev–Trinajstić information content (AvgIpc) is 2.55. The van der Waals surface area contributed by atoms with E-state index >= 15 is 0 Å². The smallest absolute Gasteiger partial charge is 0.0727 e. The van der Waals surface area contributed by atoms with Gasteiger partial charge in [0.25, 0.3) is 0 Å². The Balaban J connectivity index is 2.13. The molecule has 0 spiro atoms. The van der Waals surface area contributed by atoms with Crippen molar-refractivity contribution in [2.45, 2.75) is 6.92 Å². The summed E-state index contributed by atoms with van der Waals surface area (Å²) in [6, 6.07) is 16.0. The lowest BCUT2D eigenvalue weighted by Gasteiger charge is -2.06. The summed E-state index contributed by atoms with van der Waals surface area (Å²) in [4.78, 5) is 8.79. The van der Waals surface area contributed by atoms with Gasteiger partial charge >= 0.3 is 0 Å². The molecule has 21 heavy (non-hydrogen) atoms. The van der Waals surface area contributed by atoms with E-state index in [0.29, 0.717) is 0 Å². The zero-order chi connectivity index (χ0) is 14.7. The maximum atomic E-state index is 7.60. The number of aromatic nitrogens is 1. The molecule has 0 aliphatic carbocycles. The predicted molar refractivity (Wildman–Crippen MR) is 87.9 cm³/mol. The largest absolute Gasteiger partial charge is 0.308 e. The number of nitrogens with zero attached hydrogens (tertiary/aromatic N) is 2. The van der Waals surface area contributed by atoms with E-state index < -0.39 is 0 Å². The van der Waals surface area contributed by atoms with Gasteiger partial charge in [-0.2, -0.15) is 0 Å². The second-order valence-electron chi connectivity index (χ2n) is 4.84. The third-order valence-corrected chi connectivity index (χ3v) is 3.42. The molecule has 0 aliphatic heterocycles. The fourth-order valence-corrected chi connectivity index (χ4v) is 2.28. The minimum atomic E-state index is 0.810. The van der Waals surface area contributed by atoms with Crippen molar-refractivity contribution in [1.82, 2.24) is 4.98 Å². The molecule has 0 atom stereocenters. The first-order valence-corrected chi connectivity index (χ1v) is 6.77. The maximum Gasteiger partial charge on any atom is 0.0727 e. The SMILES string of the molecule is CC(=Nc1cc2ccccc2cc1C=N)c1cccnc1. The monoisotopic (exact) mass is 273 g/mol. The van der Waals surface area contributed by atoms with Crippen molar-refractivity contribution < 1.29 is 0 Å². The Morgan fingerprint density at radius 3 is 2.52 bits per heavy atom. The summed E-state index contributed by atoms with van der Waals surface area (Å²) in [5.41, 5.74) is 3.50. The lowest BCUT2D eigenvalue weighted by Crippen LogP contribution is -1.95. The van der Waals surface area contributed by atoms with E-state index in [-0.39, 0.29) is 0 Å². The van der Waals surface area contributed by atoms with Crippen molar-refractivity contribution in [2.24, 2.45) is 4.99 Å². The lowest BCUT2D eigenvalue weighted by atomic mass is 10.1. The highest BCUT2D eigenvalue weighted by atomic mass is 14.8. The number of rotatable bonds is 3. The molecule has 0 amide bonds. The second-order valence-corrected chi connectivity index (χ2v) is 4.84. The summed E-state index contributed by atoms with van der Waals surface area (Å²) in [7, 11) is 0. The third kappa shape index (κ3) is 2.72. The van der Waals surface area contributed by atoms with Gasteiger partial charge in [0.2, 0.25) is 0 Å². The molecular formula is C18H15N3. The van der Waals surface area contributed by atoms with E-state index in [4.69, 9.17) is 5.41 Å². The molecule has 0 saturated heterocycles. The third-order valence-electron chi connectivity index (χ3n) is 3.42. The molecule has 3 nitrogen and oxygen atoms in total. The number of hydrogen-bond donors (Lipinski definition) is 1. The van der Waals surface area contributed by atoms with Gasteiger partial charge in [-0.3, -0.25) is 9.98 Å². The van der Waals surface area contributed by atoms with Gasteiger partial charge in [0, 0.05) is 35.4 Å². The standard InChI is InChI=1S/C18H15N3/c1-13(16-7-4-8-20-12-16)21-18-10-15-6-3-2-5-14(15)9-17(18)11-19/h2-12,19H,1H3. The van der Waals surface area contributed by atoms with Gasteiger partial charge in [0.1, 0.15) is 0 Å². The normalized spacial score (nSPS) is 11.6. The Morgan fingerprint density at radius 2 is 1.86 bits per heavy atom. The summed E-state index contributed by atoms with van der Waals surface area (Å²) in [6.45, 7) is 1.96. The van der Waals surface area contributed by atoms with E-state index in [1.165, 1.54) is 6.21 Å². The first-order chi connectivity index (χ1) is 10.3. The Bertz CT molecular complexity index is 820. The van der Waals surface area contributed by atoms with E-state index in [1.807, 2.05) is 49.4 Å². The molecule has 0 bridgehead atoms. The molecule has 1 heterocycles. The Kier molecular flexibility index (Phi) is 3.56. The zero-order valence-corrected chi connectivity index (χ0v) is 11.7. The Labute approximate surface area is 123 Å². The van der Waals surface area contributed by atoms with E-state index in [1.54, 1.807) is 12.4 Å². The van der Waals surface area contributed by atoms with Crippen LogP contribution >= 0.6 is 0 Å². The van der Waals surface area contributed by atoms with Crippen LogP contribution in [0.3, 0.4) is 0 Å². The molecule has 3 rings (SSSR count). The van der Waals surface area contributed by atoms with Crippen LogP contribution in [0.1, 0.15) is 18.1 Å². The van der Waals surface area contributed by atoms with E-state index in [0.717, 1.165) is 33.3 Å². The zero-order valence-electron chi connectivity index (χ0n) is 11.7.